The van der Waals surface area contributed by atoms with Crippen LogP contribution in [0.3, 0.4) is 0 Å². The molecular weight excluding hydrogens is 291 g/mol. The van der Waals surface area contributed by atoms with E-state index in [1.165, 1.54) is 10.9 Å². The summed E-state index contributed by atoms with van der Waals surface area (Å²) in [6, 6.07) is 9.02. The summed E-state index contributed by atoms with van der Waals surface area (Å²) >= 11 is 6.63. The van der Waals surface area contributed by atoms with Gasteiger partial charge in [-0.15, -0.1) is 11.3 Å². The lowest BCUT2D eigenvalue weighted by molar-refractivity contribution is 0.552. The van der Waals surface area contributed by atoms with Crippen molar-refractivity contribution in [1.29, 1.82) is 0 Å². The maximum Gasteiger partial charge on any atom is 0.135 e. The van der Waals surface area contributed by atoms with Crippen LogP contribution in [0.4, 0.5) is 10.1 Å². The fourth-order valence-corrected chi connectivity index (χ4v) is 3.25. The highest BCUT2D eigenvalue weighted by atomic mass is 32.1. The molecule has 0 saturated carbocycles. The monoisotopic (exact) mass is 308 g/mol. The highest BCUT2D eigenvalue weighted by Crippen LogP contribution is 2.31. The first-order valence-electron chi connectivity index (χ1n) is 6.39. The van der Waals surface area contributed by atoms with Crippen molar-refractivity contribution in [2.75, 3.05) is 5.32 Å². The summed E-state index contributed by atoms with van der Waals surface area (Å²) in [6.45, 7) is 4.24. The Balaban J connectivity index is 2.37. The third-order valence-corrected chi connectivity index (χ3v) is 4.25. The Kier molecular flexibility index (Phi) is 4.73. The average molecular weight is 308 g/mol. The number of anilines is 1. The van der Waals surface area contributed by atoms with Gasteiger partial charge in [-0.05, 0) is 29.5 Å². The Hall–Kier alpha value is -1.46. The van der Waals surface area contributed by atoms with Crippen LogP contribution in [0.1, 0.15) is 30.3 Å². The molecule has 1 atom stereocenters. The average Bonchev–Trinajstić information content (AvgIpc) is 2.88. The predicted octanol–water partition coefficient (Wildman–Crippen LogP) is 4.33. The topological polar surface area (TPSA) is 38.0 Å². The summed E-state index contributed by atoms with van der Waals surface area (Å²) in [5.74, 6) is -0.0349. The number of nitrogens with two attached hydrogens (primary N) is 1. The lowest BCUT2D eigenvalue weighted by Crippen LogP contribution is -2.20. The number of nitrogens with one attached hydrogen (secondary N) is 1. The first-order valence-corrected chi connectivity index (χ1v) is 7.67. The van der Waals surface area contributed by atoms with Crippen LogP contribution >= 0.6 is 23.6 Å². The number of thiocarbonyl (C=S) groups is 1. The molecule has 5 heteroatoms. The number of hydrogen-bond donors (Lipinski definition) is 2. The largest absolute Gasteiger partial charge is 0.389 e. The highest BCUT2D eigenvalue weighted by molar-refractivity contribution is 7.80. The van der Waals surface area contributed by atoms with Gasteiger partial charge in [0.05, 0.1) is 11.6 Å². The van der Waals surface area contributed by atoms with E-state index < -0.39 is 5.82 Å². The predicted molar refractivity (Wildman–Crippen MR) is 87.8 cm³/mol. The third kappa shape index (κ3) is 3.16. The Morgan fingerprint density at radius 3 is 2.60 bits per heavy atom. The van der Waals surface area contributed by atoms with Crippen LogP contribution in [0.5, 0.6) is 0 Å². The fourth-order valence-electron chi connectivity index (χ4n) is 2.10. The van der Waals surface area contributed by atoms with Crippen LogP contribution in [0.15, 0.2) is 35.7 Å². The molecule has 2 aromatic rings. The van der Waals surface area contributed by atoms with E-state index in [-0.39, 0.29) is 16.6 Å². The lowest BCUT2D eigenvalue weighted by atomic mass is 10.0. The Bertz CT molecular complexity index is 594. The Labute approximate surface area is 127 Å². The number of hydrogen-bond acceptors (Lipinski definition) is 3. The van der Waals surface area contributed by atoms with Crippen molar-refractivity contribution in [3.8, 4) is 0 Å². The van der Waals surface area contributed by atoms with Gasteiger partial charge in [-0.25, -0.2) is 4.39 Å². The van der Waals surface area contributed by atoms with Crippen molar-refractivity contribution in [3.63, 3.8) is 0 Å². The SMILES string of the molecule is CC(C)C(Nc1cccc(F)c1C(N)=S)c1cccs1. The molecule has 2 nitrogen and oxygen atoms in total. The maximum atomic E-state index is 13.9. The summed E-state index contributed by atoms with van der Waals surface area (Å²) in [5.41, 5.74) is 6.57. The third-order valence-electron chi connectivity index (χ3n) is 3.09. The zero-order valence-electron chi connectivity index (χ0n) is 11.4. The molecule has 0 aliphatic rings. The molecule has 0 saturated heterocycles. The van der Waals surface area contributed by atoms with Crippen LogP contribution in [-0.2, 0) is 0 Å². The van der Waals surface area contributed by atoms with Gasteiger partial charge in [0.15, 0.2) is 0 Å². The molecule has 0 fully saturated rings. The summed E-state index contributed by atoms with van der Waals surface area (Å²) < 4.78 is 13.9. The van der Waals surface area contributed by atoms with E-state index in [2.05, 4.69) is 25.2 Å². The van der Waals surface area contributed by atoms with E-state index in [0.29, 0.717) is 11.6 Å². The second-order valence-corrected chi connectivity index (χ2v) is 6.33. The first kappa shape index (κ1) is 14.9. The molecule has 2 rings (SSSR count). The van der Waals surface area contributed by atoms with Crippen LogP contribution in [0, 0.1) is 11.7 Å². The smallest absolute Gasteiger partial charge is 0.135 e. The minimum absolute atomic E-state index is 0.0688. The molecule has 0 radical (unpaired) electrons. The van der Waals surface area contributed by atoms with Crippen molar-refractivity contribution in [3.05, 3.63) is 52.0 Å². The number of benzene rings is 1. The van der Waals surface area contributed by atoms with Gasteiger partial charge in [-0.1, -0.05) is 38.2 Å². The molecule has 0 amide bonds. The maximum absolute atomic E-state index is 13.9. The van der Waals surface area contributed by atoms with Gasteiger partial charge in [0.1, 0.15) is 10.8 Å². The fraction of sp³-hybridized carbons (Fsp3) is 0.267. The quantitative estimate of drug-likeness (QED) is 0.807. The van der Waals surface area contributed by atoms with Gasteiger partial charge >= 0.3 is 0 Å². The van der Waals surface area contributed by atoms with Crippen molar-refractivity contribution < 1.29 is 4.39 Å². The van der Waals surface area contributed by atoms with E-state index in [9.17, 15) is 4.39 Å². The van der Waals surface area contributed by atoms with E-state index in [1.54, 1.807) is 23.5 Å². The van der Waals surface area contributed by atoms with Crippen molar-refractivity contribution >= 4 is 34.2 Å². The van der Waals surface area contributed by atoms with Crippen LogP contribution < -0.4 is 11.1 Å². The first-order chi connectivity index (χ1) is 9.50. The standard InChI is InChI=1S/C15H17FN2S2/c1-9(2)14(12-7-4-8-20-12)18-11-6-3-5-10(16)13(11)15(17)19/h3-9,14,18H,1-2H3,(H2,17,19). The highest BCUT2D eigenvalue weighted by Gasteiger charge is 2.19. The van der Waals surface area contributed by atoms with Crippen LogP contribution in [0.2, 0.25) is 0 Å². The lowest BCUT2D eigenvalue weighted by Gasteiger charge is -2.24. The second kappa shape index (κ2) is 6.33. The number of halogens is 1. The molecule has 0 spiro atoms. The zero-order valence-corrected chi connectivity index (χ0v) is 13.0. The molecule has 3 N–H and O–H groups in total. The van der Waals surface area contributed by atoms with Crippen molar-refractivity contribution in [2.24, 2.45) is 11.7 Å². The van der Waals surface area contributed by atoms with Gasteiger partial charge < -0.3 is 11.1 Å². The van der Waals surface area contributed by atoms with E-state index in [4.69, 9.17) is 18.0 Å². The summed E-state index contributed by atoms with van der Waals surface area (Å²) in [5, 5.41) is 5.41. The van der Waals surface area contributed by atoms with E-state index >= 15 is 0 Å². The molecule has 1 heterocycles. The molecule has 0 aliphatic carbocycles. The molecule has 1 aromatic carbocycles. The molecular formula is C15H17FN2S2. The van der Waals surface area contributed by atoms with Gasteiger partial charge in [-0.3, -0.25) is 0 Å². The van der Waals surface area contributed by atoms with Gasteiger partial charge in [0.2, 0.25) is 0 Å². The number of thiophene rings is 1. The van der Waals surface area contributed by atoms with Gasteiger partial charge in [0, 0.05) is 10.6 Å². The van der Waals surface area contributed by atoms with Crippen molar-refractivity contribution in [1.82, 2.24) is 0 Å². The molecule has 106 valence electrons. The minimum Gasteiger partial charge on any atom is -0.389 e. The second-order valence-electron chi connectivity index (χ2n) is 4.91. The molecule has 0 bridgehead atoms. The Morgan fingerprint density at radius 1 is 1.30 bits per heavy atom. The molecule has 1 aromatic heterocycles. The van der Waals surface area contributed by atoms with Crippen LogP contribution in [-0.4, -0.2) is 4.99 Å². The Morgan fingerprint density at radius 2 is 2.05 bits per heavy atom. The molecule has 0 aliphatic heterocycles. The van der Waals surface area contributed by atoms with Gasteiger partial charge in [0.25, 0.3) is 0 Å². The molecule has 20 heavy (non-hydrogen) atoms. The zero-order chi connectivity index (χ0) is 14.7. The van der Waals surface area contributed by atoms with E-state index in [1.807, 2.05) is 11.4 Å². The van der Waals surface area contributed by atoms with Crippen molar-refractivity contribution in [2.45, 2.75) is 19.9 Å². The summed E-state index contributed by atoms with van der Waals surface area (Å²) in [7, 11) is 0. The minimum atomic E-state index is -0.392. The molecule has 1 unspecified atom stereocenters. The summed E-state index contributed by atoms with van der Waals surface area (Å²) in [6.07, 6.45) is 0. The normalized spacial score (nSPS) is 12.4. The summed E-state index contributed by atoms with van der Waals surface area (Å²) in [4.78, 5) is 1.28. The van der Waals surface area contributed by atoms with E-state index in [0.717, 1.165) is 0 Å². The number of rotatable bonds is 5. The van der Waals surface area contributed by atoms with Gasteiger partial charge in [-0.2, -0.15) is 0 Å². The van der Waals surface area contributed by atoms with Crippen LogP contribution in [0.25, 0.3) is 0 Å².